The Labute approximate surface area is 358 Å². The molecule has 4 heterocycles. The molecule has 0 aromatic heterocycles. The number of nitrogens with one attached hydrogen (secondary N) is 1. The molecule has 4 aliphatic heterocycles. The van der Waals surface area contributed by atoms with E-state index in [-0.39, 0.29) is 86.3 Å². The van der Waals surface area contributed by atoms with Crippen molar-refractivity contribution in [1.82, 2.24) is 20.0 Å². The monoisotopic (exact) mass is 834 g/mol. The smallest absolute Gasteiger partial charge is 0.261 e. The molecule has 0 bridgehead atoms. The number of fused-ring (bicyclic) bond motifs is 1. The van der Waals surface area contributed by atoms with Crippen LogP contribution in [-0.2, 0) is 28.7 Å². The van der Waals surface area contributed by atoms with Crippen LogP contribution in [0.2, 0.25) is 0 Å². The topological polar surface area (TPSA) is 155 Å². The van der Waals surface area contributed by atoms with Crippen molar-refractivity contribution < 1.29 is 38.2 Å². The highest BCUT2D eigenvalue weighted by Crippen LogP contribution is 2.22. The SMILES string of the molecule is C.C.C.C.C.C.CC1OCCO1.CCC(=NC1CCCCC1)NC1CCCCC1.CCN1C(=O)C=CC1=O.CCN1C(=O)CCC1=O.CN1C(=O)c2ccccc2C1=O. The summed E-state index contributed by atoms with van der Waals surface area (Å²) in [5.74, 6) is 0.394. The second kappa shape index (κ2) is 32.6. The molecule has 6 aliphatic rings. The molecule has 6 amide bonds. The van der Waals surface area contributed by atoms with Gasteiger partial charge in [-0.25, -0.2) is 0 Å². The number of nitrogens with zero attached hydrogens (tertiary/aromatic N) is 4. The van der Waals surface area contributed by atoms with Crippen molar-refractivity contribution in [3.63, 3.8) is 0 Å². The highest BCUT2D eigenvalue weighted by Gasteiger charge is 2.31. The van der Waals surface area contributed by atoms with Gasteiger partial charge < -0.3 is 14.8 Å². The molecular formula is C46H83N5O8. The first-order valence-corrected chi connectivity index (χ1v) is 19.3. The van der Waals surface area contributed by atoms with Crippen LogP contribution >= 0.6 is 0 Å². The summed E-state index contributed by atoms with van der Waals surface area (Å²) in [4.78, 5) is 73.9. The van der Waals surface area contributed by atoms with Crippen LogP contribution in [0.25, 0.3) is 0 Å². The van der Waals surface area contributed by atoms with Crippen molar-refractivity contribution in [2.45, 2.75) is 174 Å². The van der Waals surface area contributed by atoms with Gasteiger partial charge in [0, 0.05) is 57.6 Å². The second-order valence-corrected chi connectivity index (χ2v) is 13.5. The molecule has 2 saturated carbocycles. The van der Waals surface area contributed by atoms with Gasteiger partial charge in [0.1, 0.15) is 0 Å². The molecule has 13 heteroatoms. The molecule has 0 atom stereocenters. The largest absolute Gasteiger partial charge is 0.371 e. The number of likely N-dealkylation sites (N-methyl/N-ethyl adjacent to an activating group) is 1. The number of benzene rings is 1. The molecule has 0 unspecified atom stereocenters. The predicted molar refractivity (Wildman–Crippen MR) is 242 cm³/mol. The summed E-state index contributed by atoms with van der Waals surface area (Å²) in [5, 5.41) is 3.70. The van der Waals surface area contributed by atoms with E-state index in [4.69, 9.17) is 14.5 Å². The maximum atomic E-state index is 11.3. The van der Waals surface area contributed by atoms with Gasteiger partial charge in [-0.05, 0) is 58.6 Å². The summed E-state index contributed by atoms with van der Waals surface area (Å²) in [6, 6.07) is 8.17. The number of amides is 6. The van der Waals surface area contributed by atoms with Gasteiger partial charge in [-0.2, -0.15) is 0 Å². The van der Waals surface area contributed by atoms with Crippen molar-refractivity contribution in [3.8, 4) is 0 Å². The van der Waals surface area contributed by atoms with Crippen LogP contribution in [0.5, 0.6) is 0 Å². The van der Waals surface area contributed by atoms with Crippen molar-refractivity contribution in [1.29, 1.82) is 0 Å². The Kier molecular flexibility index (Phi) is 33.9. The summed E-state index contributed by atoms with van der Waals surface area (Å²) in [5.41, 5.74) is 1.01. The van der Waals surface area contributed by atoms with E-state index in [0.717, 1.165) is 24.5 Å². The second-order valence-electron chi connectivity index (χ2n) is 13.5. The summed E-state index contributed by atoms with van der Waals surface area (Å²) in [6.07, 6.45) is 18.3. The summed E-state index contributed by atoms with van der Waals surface area (Å²) in [7, 11) is 1.49. The van der Waals surface area contributed by atoms with Gasteiger partial charge in [0.2, 0.25) is 11.8 Å². The van der Waals surface area contributed by atoms with Gasteiger partial charge in [-0.3, -0.25) is 48.5 Å². The van der Waals surface area contributed by atoms with E-state index in [1.807, 2.05) is 6.92 Å². The number of hydrogen-bond donors (Lipinski definition) is 1. The highest BCUT2D eigenvalue weighted by atomic mass is 16.7. The zero-order valence-electron chi connectivity index (χ0n) is 32.3. The average Bonchev–Trinajstić information content (AvgIpc) is 3.94. The maximum absolute atomic E-state index is 11.3. The van der Waals surface area contributed by atoms with Crippen LogP contribution in [0.1, 0.15) is 176 Å². The van der Waals surface area contributed by atoms with E-state index >= 15 is 0 Å². The van der Waals surface area contributed by atoms with E-state index in [2.05, 4.69) is 12.2 Å². The van der Waals surface area contributed by atoms with Gasteiger partial charge in [0.25, 0.3) is 23.6 Å². The Morgan fingerprint density at radius 1 is 0.661 bits per heavy atom. The Hall–Kier alpha value is -4.23. The van der Waals surface area contributed by atoms with E-state index < -0.39 is 0 Å². The van der Waals surface area contributed by atoms with Gasteiger partial charge >= 0.3 is 0 Å². The van der Waals surface area contributed by atoms with Crippen molar-refractivity contribution in [2.75, 3.05) is 33.4 Å². The Morgan fingerprint density at radius 2 is 1.08 bits per heavy atom. The lowest BCUT2D eigenvalue weighted by Gasteiger charge is -2.26. The van der Waals surface area contributed by atoms with E-state index in [9.17, 15) is 28.8 Å². The standard InChI is InChI=1S/C15H28N2.C9H7NO2.C6H9NO2.C6H7NO2.C4H8O2.6CH4/c1-2-15(16-13-9-5-3-6-10-13)17-14-11-7-4-8-12-14;1-10-8(11)6-4-2-3-5-7(6)9(10)12;2*1-2-7-5(8)3-4-6(7)9;1-4-5-2-3-6-4;;;;;;/h13-14H,2-12H2,1H3,(H,16,17);2-5H,1H3;2-4H2,1H3;3-4H,2H2,1H3;4H,2-3H2,1H3;6*1H4. The summed E-state index contributed by atoms with van der Waals surface area (Å²) in [6.45, 7) is 10.2. The molecule has 59 heavy (non-hydrogen) atoms. The number of amidine groups is 1. The van der Waals surface area contributed by atoms with Crippen LogP contribution in [0.4, 0.5) is 0 Å². The molecule has 1 aromatic rings. The molecule has 0 radical (unpaired) electrons. The molecule has 1 N–H and O–H groups in total. The number of likely N-dealkylation sites (tertiary alicyclic amines) is 1. The van der Waals surface area contributed by atoms with Gasteiger partial charge in [0.05, 0.1) is 36.2 Å². The lowest BCUT2D eigenvalue weighted by Crippen LogP contribution is -2.36. The quantitative estimate of drug-likeness (QED) is 0.174. The molecule has 2 aliphatic carbocycles. The number of carbonyl (C=O) groups excluding carboxylic acids is 6. The molecule has 1 aromatic carbocycles. The van der Waals surface area contributed by atoms with Crippen LogP contribution in [0.15, 0.2) is 41.4 Å². The first kappa shape index (κ1) is 61.4. The fourth-order valence-corrected chi connectivity index (χ4v) is 6.65. The fourth-order valence-electron chi connectivity index (χ4n) is 6.65. The molecule has 7 rings (SSSR count). The lowest BCUT2D eigenvalue weighted by molar-refractivity contribution is -0.139. The minimum absolute atomic E-state index is 0. The first-order valence-electron chi connectivity index (χ1n) is 19.3. The summed E-state index contributed by atoms with van der Waals surface area (Å²) >= 11 is 0. The molecule has 13 nitrogen and oxygen atoms in total. The first-order chi connectivity index (χ1) is 25.5. The van der Waals surface area contributed by atoms with Gasteiger partial charge in [-0.1, -0.05) is 102 Å². The maximum Gasteiger partial charge on any atom is 0.261 e. The number of carbonyl (C=O) groups is 6. The highest BCUT2D eigenvalue weighted by molar-refractivity contribution is 6.21. The minimum atomic E-state index is -0.212. The van der Waals surface area contributed by atoms with Crippen molar-refractivity contribution >= 4 is 41.3 Å². The number of rotatable bonds is 5. The van der Waals surface area contributed by atoms with Crippen LogP contribution in [0, 0.1) is 0 Å². The molecule has 4 fully saturated rings. The molecule has 340 valence electrons. The zero-order chi connectivity index (χ0) is 38.8. The zero-order valence-corrected chi connectivity index (χ0v) is 32.3. The minimum Gasteiger partial charge on any atom is -0.371 e. The third-order valence-corrected chi connectivity index (χ3v) is 9.70. The number of ether oxygens (including phenoxy) is 2. The normalized spacial score (nSPS) is 18.5. The van der Waals surface area contributed by atoms with Crippen molar-refractivity contribution in [3.05, 3.63) is 47.5 Å². The van der Waals surface area contributed by atoms with Crippen LogP contribution in [-0.4, -0.2) is 108 Å². The molecular weight excluding hydrogens is 751 g/mol. The Bertz CT molecular complexity index is 1390. The van der Waals surface area contributed by atoms with E-state index in [1.165, 1.54) is 99.0 Å². The number of aliphatic imine (C=N–C) groups is 1. The number of imide groups is 3. The summed E-state index contributed by atoms with van der Waals surface area (Å²) < 4.78 is 9.86. The third-order valence-electron chi connectivity index (χ3n) is 9.70. The fraction of sp³-hybridized carbons (Fsp3) is 0.674. The molecule has 2 saturated heterocycles. The van der Waals surface area contributed by atoms with Crippen LogP contribution < -0.4 is 5.32 Å². The van der Waals surface area contributed by atoms with Crippen LogP contribution in [0.3, 0.4) is 0 Å². The predicted octanol–water partition coefficient (Wildman–Crippen LogP) is 9.24. The van der Waals surface area contributed by atoms with E-state index in [1.54, 1.807) is 38.1 Å². The Balaban J connectivity index is -0.000000324. The molecule has 0 spiro atoms. The van der Waals surface area contributed by atoms with E-state index in [0.29, 0.717) is 49.1 Å². The average molecular weight is 834 g/mol. The lowest BCUT2D eigenvalue weighted by atomic mass is 9.95. The third kappa shape index (κ3) is 19.6. The Morgan fingerprint density at radius 3 is 1.42 bits per heavy atom. The van der Waals surface area contributed by atoms with Gasteiger partial charge in [0.15, 0.2) is 6.29 Å². The van der Waals surface area contributed by atoms with Gasteiger partial charge in [-0.15, -0.1) is 0 Å². The van der Waals surface area contributed by atoms with Crippen molar-refractivity contribution in [2.24, 2.45) is 4.99 Å². The number of hydrogen-bond acceptors (Lipinski definition) is 9.